The highest BCUT2D eigenvalue weighted by Crippen LogP contribution is 2.55. The average molecular weight is 565 g/mol. The summed E-state index contributed by atoms with van der Waals surface area (Å²) in [6.45, 7) is 2.06. The lowest BCUT2D eigenvalue weighted by molar-refractivity contribution is -0.00848. The van der Waals surface area contributed by atoms with Gasteiger partial charge >= 0.3 is 0 Å². The molecule has 3 atom stereocenters. The van der Waals surface area contributed by atoms with Crippen molar-refractivity contribution in [2.24, 2.45) is 5.92 Å². The number of ether oxygens (including phenoxy) is 4. The second-order valence-corrected chi connectivity index (χ2v) is 10.8. The van der Waals surface area contributed by atoms with Gasteiger partial charge in [-0.25, -0.2) is 0 Å². The molecule has 6 nitrogen and oxygen atoms in total. The number of carbonyl (C=O) groups excluding carboxylic acids is 1. The first-order chi connectivity index (χ1) is 20.2. The average Bonchev–Trinajstić information content (AvgIpc) is 3.04. The van der Waals surface area contributed by atoms with Crippen molar-refractivity contribution in [2.75, 3.05) is 28.4 Å². The van der Waals surface area contributed by atoms with Gasteiger partial charge in [-0.15, -0.1) is 0 Å². The monoisotopic (exact) mass is 564 g/mol. The highest BCUT2D eigenvalue weighted by molar-refractivity contribution is 6.01. The van der Waals surface area contributed by atoms with Crippen LogP contribution in [0.1, 0.15) is 40.4 Å². The molecule has 4 aromatic carbocycles. The summed E-state index contributed by atoms with van der Waals surface area (Å²) < 4.78 is 21.6. The fourth-order valence-electron chi connectivity index (χ4n) is 6.13. The molecule has 5 rings (SSSR count). The third kappa shape index (κ3) is 5.26. The van der Waals surface area contributed by atoms with Crippen LogP contribution in [0.5, 0.6) is 23.0 Å². The molecule has 0 amide bonds. The van der Waals surface area contributed by atoms with Gasteiger partial charge in [0.25, 0.3) is 0 Å². The zero-order chi connectivity index (χ0) is 29.9. The molecule has 0 heterocycles. The highest BCUT2D eigenvalue weighted by atomic mass is 16.5. The van der Waals surface area contributed by atoms with Crippen LogP contribution in [0.25, 0.3) is 5.57 Å². The van der Waals surface area contributed by atoms with Crippen LogP contribution in [0, 0.1) is 5.92 Å². The summed E-state index contributed by atoms with van der Waals surface area (Å²) in [5.41, 5.74) is 1.40. The van der Waals surface area contributed by atoms with Gasteiger partial charge in [0.1, 0.15) is 28.6 Å². The van der Waals surface area contributed by atoms with Gasteiger partial charge in [0, 0.05) is 11.0 Å². The third-order valence-electron chi connectivity index (χ3n) is 8.43. The van der Waals surface area contributed by atoms with E-state index < -0.39 is 16.9 Å². The quantitative estimate of drug-likeness (QED) is 0.224. The van der Waals surface area contributed by atoms with E-state index in [-0.39, 0.29) is 5.78 Å². The van der Waals surface area contributed by atoms with Gasteiger partial charge < -0.3 is 24.1 Å². The normalized spacial score (nSPS) is 21.7. The van der Waals surface area contributed by atoms with E-state index in [0.29, 0.717) is 34.8 Å². The summed E-state index contributed by atoms with van der Waals surface area (Å²) >= 11 is 0. The number of ketones is 1. The molecule has 0 unspecified atom stereocenters. The van der Waals surface area contributed by atoms with Crippen molar-refractivity contribution < 1.29 is 28.8 Å². The molecule has 4 aromatic rings. The van der Waals surface area contributed by atoms with Gasteiger partial charge in [0.15, 0.2) is 5.78 Å². The lowest BCUT2D eigenvalue weighted by Crippen LogP contribution is -2.53. The summed E-state index contributed by atoms with van der Waals surface area (Å²) in [7, 11) is 6.45. The molecule has 0 aromatic heterocycles. The molecule has 0 fully saturated rings. The third-order valence-corrected chi connectivity index (χ3v) is 8.43. The van der Waals surface area contributed by atoms with Gasteiger partial charge in [-0.3, -0.25) is 4.79 Å². The zero-order valence-corrected chi connectivity index (χ0v) is 24.6. The molecule has 6 heteroatoms. The Balaban J connectivity index is 1.76. The number of rotatable bonds is 9. The molecule has 0 saturated heterocycles. The number of Topliss-reactive ketones (excluding diaryl/α,β-unsaturated/α-hetero) is 1. The number of carbonyl (C=O) groups is 1. The Bertz CT molecular complexity index is 1560. The molecule has 0 radical (unpaired) electrons. The van der Waals surface area contributed by atoms with Gasteiger partial charge in [-0.2, -0.15) is 0 Å². The number of benzene rings is 4. The molecular formula is C36H36O6. The van der Waals surface area contributed by atoms with Crippen molar-refractivity contribution in [3.8, 4) is 23.0 Å². The lowest BCUT2D eigenvalue weighted by Gasteiger charge is -2.49. The Labute approximate surface area is 247 Å². The molecule has 0 bridgehead atoms. The SMILES string of the molecule is COc1ccc(C(=O)[C@H]2[C@@](O)(c3ccc(OC)cc3)C=C(c3ccc(OC)cc3)C[C@]2(C)c2ccc(OC)cc2)cc1. The Morgan fingerprint density at radius 3 is 1.50 bits per heavy atom. The van der Waals surface area contributed by atoms with E-state index in [0.717, 1.165) is 22.4 Å². The van der Waals surface area contributed by atoms with Crippen LogP contribution in [-0.4, -0.2) is 39.3 Å². The molecule has 0 saturated carbocycles. The molecular weight excluding hydrogens is 528 g/mol. The minimum absolute atomic E-state index is 0.167. The topological polar surface area (TPSA) is 74.2 Å². The van der Waals surface area contributed by atoms with E-state index in [2.05, 4.69) is 6.92 Å². The Hall–Kier alpha value is -4.55. The van der Waals surface area contributed by atoms with Crippen LogP contribution in [0.15, 0.2) is 103 Å². The minimum atomic E-state index is -1.66. The van der Waals surface area contributed by atoms with Crippen molar-refractivity contribution >= 4 is 11.4 Å². The largest absolute Gasteiger partial charge is 0.497 e. The van der Waals surface area contributed by atoms with E-state index in [1.807, 2.05) is 78.9 Å². The maximum Gasteiger partial charge on any atom is 0.170 e. The smallest absolute Gasteiger partial charge is 0.170 e. The highest BCUT2D eigenvalue weighted by Gasteiger charge is 2.55. The van der Waals surface area contributed by atoms with Crippen molar-refractivity contribution in [1.82, 2.24) is 0 Å². The van der Waals surface area contributed by atoms with Crippen molar-refractivity contribution in [3.05, 3.63) is 125 Å². The van der Waals surface area contributed by atoms with Crippen molar-refractivity contribution in [1.29, 1.82) is 0 Å². The van der Waals surface area contributed by atoms with E-state index in [4.69, 9.17) is 18.9 Å². The first-order valence-electron chi connectivity index (χ1n) is 13.8. The van der Waals surface area contributed by atoms with Crippen LogP contribution in [0.2, 0.25) is 0 Å². The van der Waals surface area contributed by atoms with E-state index in [1.165, 1.54) is 0 Å². The second-order valence-electron chi connectivity index (χ2n) is 10.8. The minimum Gasteiger partial charge on any atom is -0.497 e. The lowest BCUT2D eigenvalue weighted by atomic mass is 9.54. The molecule has 1 N–H and O–H groups in total. The summed E-state index contributed by atoms with van der Waals surface area (Å²) in [4.78, 5) is 14.7. The summed E-state index contributed by atoms with van der Waals surface area (Å²) in [6, 6.07) is 29.9. The fraction of sp³-hybridized carbons (Fsp3) is 0.250. The van der Waals surface area contributed by atoms with Crippen LogP contribution in [-0.2, 0) is 11.0 Å². The Morgan fingerprint density at radius 1 is 0.643 bits per heavy atom. The van der Waals surface area contributed by atoms with E-state index >= 15 is 0 Å². The number of aliphatic hydroxyl groups is 1. The second kappa shape index (κ2) is 11.7. The number of hydrogen-bond donors (Lipinski definition) is 1. The van der Waals surface area contributed by atoms with Gasteiger partial charge in [-0.1, -0.05) is 43.3 Å². The maximum absolute atomic E-state index is 14.7. The predicted octanol–water partition coefficient (Wildman–Crippen LogP) is 6.85. The van der Waals surface area contributed by atoms with Gasteiger partial charge in [0.05, 0.1) is 34.4 Å². The summed E-state index contributed by atoms with van der Waals surface area (Å²) in [5, 5.41) is 12.9. The standard InChI is InChI=1S/C36H36O6/c1-35(27-10-18-31(41-4)19-11-27)22-26(24-6-14-29(39-2)15-7-24)23-36(38,28-12-20-32(42-5)21-13-28)34(35)33(37)25-8-16-30(40-3)17-9-25/h6-21,23,34,38H,22H2,1-5H3/t34-,35-,36+/m1/s1. The summed E-state index contributed by atoms with van der Waals surface area (Å²) in [6.07, 6.45) is 2.37. The van der Waals surface area contributed by atoms with Crippen molar-refractivity contribution in [3.63, 3.8) is 0 Å². The fourth-order valence-corrected chi connectivity index (χ4v) is 6.13. The zero-order valence-electron chi connectivity index (χ0n) is 24.6. The number of allylic oxidation sites excluding steroid dienone is 1. The summed E-state index contributed by atoms with van der Waals surface area (Å²) in [5.74, 6) is 1.73. The Kier molecular flexibility index (Phi) is 8.10. The van der Waals surface area contributed by atoms with E-state index in [1.54, 1.807) is 52.7 Å². The van der Waals surface area contributed by atoms with Crippen LogP contribution in [0.4, 0.5) is 0 Å². The molecule has 0 spiro atoms. The first kappa shape index (κ1) is 29.0. The molecule has 1 aliphatic rings. The molecule has 1 aliphatic carbocycles. The van der Waals surface area contributed by atoms with E-state index in [9.17, 15) is 9.90 Å². The van der Waals surface area contributed by atoms with Crippen LogP contribution >= 0.6 is 0 Å². The molecule has 0 aliphatic heterocycles. The van der Waals surface area contributed by atoms with Crippen LogP contribution < -0.4 is 18.9 Å². The number of methoxy groups -OCH3 is 4. The molecule has 42 heavy (non-hydrogen) atoms. The van der Waals surface area contributed by atoms with Gasteiger partial charge in [-0.05, 0) is 95.4 Å². The van der Waals surface area contributed by atoms with Crippen molar-refractivity contribution in [2.45, 2.75) is 24.4 Å². The first-order valence-corrected chi connectivity index (χ1v) is 13.8. The van der Waals surface area contributed by atoms with Gasteiger partial charge in [0.2, 0.25) is 0 Å². The maximum atomic E-state index is 14.7. The molecule has 216 valence electrons. The Morgan fingerprint density at radius 2 is 1.05 bits per heavy atom. The predicted molar refractivity (Wildman–Crippen MR) is 164 cm³/mol. The van der Waals surface area contributed by atoms with Crippen LogP contribution in [0.3, 0.4) is 0 Å². The number of hydrogen-bond acceptors (Lipinski definition) is 6.